The Labute approximate surface area is 173 Å². The summed E-state index contributed by atoms with van der Waals surface area (Å²) in [5.74, 6) is 1.89. The Hall–Kier alpha value is -1.45. The van der Waals surface area contributed by atoms with Gasteiger partial charge in [-0.15, -0.1) is 24.0 Å². The number of aliphatic imine (C=N–C) groups is 1. The van der Waals surface area contributed by atoms with Crippen molar-refractivity contribution in [2.45, 2.75) is 33.1 Å². The lowest BCUT2D eigenvalue weighted by Crippen LogP contribution is -2.54. The van der Waals surface area contributed by atoms with Crippen LogP contribution in [0, 0.1) is 0 Å². The van der Waals surface area contributed by atoms with Crippen LogP contribution in [0.25, 0.3) is 0 Å². The standard InChI is InChI=1S/C18H30N4O3.HI/c1-3-5-9-19-17(20-10-8-16-7-6-15-25-16)21-11-13-22(14-12-21)18(23)24-4-2;/h6-7,15H,3-5,8-14H2,1-2H3,(H,19,20);1H. The van der Waals surface area contributed by atoms with Gasteiger partial charge in [0.15, 0.2) is 5.96 Å². The molecule has 0 atom stereocenters. The summed E-state index contributed by atoms with van der Waals surface area (Å²) >= 11 is 0. The summed E-state index contributed by atoms with van der Waals surface area (Å²) < 4.78 is 10.4. The lowest BCUT2D eigenvalue weighted by molar-refractivity contribution is 0.0914. The zero-order chi connectivity index (χ0) is 17.9. The van der Waals surface area contributed by atoms with Crippen LogP contribution in [0.5, 0.6) is 0 Å². The number of amides is 1. The first-order valence-electron chi connectivity index (χ1n) is 9.22. The fraction of sp³-hybridized carbons (Fsp3) is 0.667. The van der Waals surface area contributed by atoms with Gasteiger partial charge in [0.05, 0.1) is 12.9 Å². The van der Waals surface area contributed by atoms with Gasteiger partial charge in [-0.25, -0.2) is 4.79 Å². The smallest absolute Gasteiger partial charge is 0.409 e. The van der Waals surface area contributed by atoms with E-state index in [1.165, 1.54) is 0 Å². The quantitative estimate of drug-likeness (QED) is 0.283. The van der Waals surface area contributed by atoms with Crippen LogP contribution < -0.4 is 5.32 Å². The van der Waals surface area contributed by atoms with Gasteiger partial charge >= 0.3 is 6.09 Å². The number of nitrogens with zero attached hydrogens (tertiary/aromatic N) is 3. The van der Waals surface area contributed by atoms with Gasteiger partial charge in [-0.05, 0) is 25.5 Å². The number of rotatable bonds is 7. The summed E-state index contributed by atoms with van der Waals surface area (Å²) in [6, 6.07) is 3.88. The molecule has 1 aliphatic heterocycles. The highest BCUT2D eigenvalue weighted by Crippen LogP contribution is 2.06. The van der Waals surface area contributed by atoms with Crippen LogP contribution in [0.2, 0.25) is 0 Å². The Morgan fingerprint density at radius 3 is 2.62 bits per heavy atom. The van der Waals surface area contributed by atoms with Crippen molar-refractivity contribution in [2.75, 3.05) is 45.9 Å². The average Bonchev–Trinajstić information content (AvgIpc) is 3.14. The molecule has 0 radical (unpaired) electrons. The molecule has 7 nitrogen and oxygen atoms in total. The number of carbonyl (C=O) groups excluding carboxylic acids is 1. The summed E-state index contributed by atoms with van der Waals surface area (Å²) in [5.41, 5.74) is 0. The Morgan fingerprint density at radius 2 is 2.00 bits per heavy atom. The molecular weight excluding hydrogens is 447 g/mol. The third kappa shape index (κ3) is 7.43. The monoisotopic (exact) mass is 478 g/mol. The number of ether oxygens (including phenoxy) is 1. The van der Waals surface area contributed by atoms with Gasteiger partial charge in [-0.1, -0.05) is 13.3 Å². The molecule has 1 amide bonds. The summed E-state index contributed by atoms with van der Waals surface area (Å²) in [5, 5.41) is 3.44. The van der Waals surface area contributed by atoms with E-state index >= 15 is 0 Å². The summed E-state index contributed by atoms with van der Waals surface area (Å²) in [6.07, 6.45) is 4.49. The van der Waals surface area contributed by atoms with E-state index in [2.05, 4.69) is 17.1 Å². The zero-order valence-corrected chi connectivity index (χ0v) is 18.1. The van der Waals surface area contributed by atoms with E-state index in [9.17, 15) is 4.79 Å². The second kappa shape index (κ2) is 12.8. The van der Waals surface area contributed by atoms with E-state index in [-0.39, 0.29) is 30.1 Å². The van der Waals surface area contributed by atoms with Crippen molar-refractivity contribution >= 4 is 36.0 Å². The van der Waals surface area contributed by atoms with Crippen molar-refractivity contribution in [1.82, 2.24) is 15.1 Å². The van der Waals surface area contributed by atoms with Gasteiger partial charge in [-0.3, -0.25) is 4.99 Å². The van der Waals surface area contributed by atoms with E-state index in [0.29, 0.717) is 19.7 Å². The largest absolute Gasteiger partial charge is 0.469 e. The number of guanidine groups is 1. The van der Waals surface area contributed by atoms with Crippen LogP contribution in [-0.4, -0.2) is 67.7 Å². The third-order valence-electron chi connectivity index (χ3n) is 4.11. The third-order valence-corrected chi connectivity index (χ3v) is 4.11. The molecule has 0 aromatic carbocycles. The van der Waals surface area contributed by atoms with Crippen LogP contribution in [-0.2, 0) is 11.2 Å². The Bertz CT molecular complexity index is 529. The molecule has 8 heteroatoms. The van der Waals surface area contributed by atoms with E-state index in [4.69, 9.17) is 14.1 Å². The molecule has 1 aromatic rings. The molecule has 1 aromatic heterocycles. The number of furan rings is 1. The van der Waals surface area contributed by atoms with Gasteiger partial charge < -0.3 is 24.3 Å². The lowest BCUT2D eigenvalue weighted by Gasteiger charge is -2.36. The predicted octanol–water partition coefficient (Wildman–Crippen LogP) is 2.96. The average molecular weight is 478 g/mol. The number of nitrogens with one attached hydrogen (secondary N) is 1. The molecule has 26 heavy (non-hydrogen) atoms. The molecule has 0 unspecified atom stereocenters. The zero-order valence-electron chi connectivity index (χ0n) is 15.8. The summed E-state index contributed by atoms with van der Waals surface area (Å²) in [7, 11) is 0. The minimum absolute atomic E-state index is 0. The number of hydrogen-bond acceptors (Lipinski definition) is 4. The fourth-order valence-electron chi connectivity index (χ4n) is 2.68. The number of hydrogen-bond donors (Lipinski definition) is 1. The van der Waals surface area contributed by atoms with E-state index < -0.39 is 0 Å². The fourth-order valence-corrected chi connectivity index (χ4v) is 2.68. The first kappa shape index (κ1) is 22.6. The van der Waals surface area contributed by atoms with E-state index in [1.807, 2.05) is 19.1 Å². The minimum Gasteiger partial charge on any atom is -0.469 e. The molecular formula is C18H31IN4O3. The van der Waals surface area contributed by atoms with E-state index in [0.717, 1.165) is 57.2 Å². The van der Waals surface area contributed by atoms with Crippen LogP contribution in [0.4, 0.5) is 4.79 Å². The second-order valence-corrected chi connectivity index (χ2v) is 5.99. The highest BCUT2D eigenvalue weighted by atomic mass is 127. The minimum atomic E-state index is -0.225. The van der Waals surface area contributed by atoms with Crippen LogP contribution >= 0.6 is 24.0 Å². The topological polar surface area (TPSA) is 70.3 Å². The number of carbonyl (C=O) groups is 1. The Balaban J connectivity index is 0.00000338. The van der Waals surface area contributed by atoms with Gasteiger partial charge in [-0.2, -0.15) is 0 Å². The predicted molar refractivity (Wildman–Crippen MR) is 113 cm³/mol. The highest BCUT2D eigenvalue weighted by Gasteiger charge is 2.23. The van der Waals surface area contributed by atoms with Crippen molar-refractivity contribution in [3.05, 3.63) is 24.2 Å². The maximum absolute atomic E-state index is 11.8. The SMILES string of the molecule is CCCCN=C(NCCc1ccco1)N1CCN(C(=O)OCC)CC1.I. The Kier molecular flexibility index (Phi) is 11.1. The molecule has 0 spiro atoms. The van der Waals surface area contributed by atoms with Gasteiger partial charge in [0.25, 0.3) is 0 Å². The number of unbranched alkanes of at least 4 members (excludes halogenated alkanes) is 1. The number of halogens is 1. The van der Waals surface area contributed by atoms with Crippen molar-refractivity contribution < 1.29 is 13.9 Å². The Morgan fingerprint density at radius 1 is 1.27 bits per heavy atom. The van der Waals surface area contributed by atoms with Gasteiger partial charge in [0.2, 0.25) is 0 Å². The van der Waals surface area contributed by atoms with Crippen molar-refractivity contribution in [2.24, 2.45) is 4.99 Å². The summed E-state index contributed by atoms with van der Waals surface area (Å²) in [4.78, 5) is 20.5. The normalized spacial score (nSPS) is 14.8. The molecule has 0 bridgehead atoms. The summed E-state index contributed by atoms with van der Waals surface area (Å²) in [6.45, 7) is 8.84. The molecule has 2 rings (SSSR count). The lowest BCUT2D eigenvalue weighted by atomic mass is 10.3. The molecule has 1 fully saturated rings. The van der Waals surface area contributed by atoms with Crippen LogP contribution in [0.15, 0.2) is 27.8 Å². The second-order valence-electron chi connectivity index (χ2n) is 5.99. The maximum Gasteiger partial charge on any atom is 0.409 e. The highest BCUT2D eigenvalue weighted by molar-refractivity contribution is 14.0. The first-order valence-corrected chi connectivity index (χ1v) is 9.22. The van der Waals surface area contributed by atoms with Crippen LogP contribution in [0.1, 0.15) is 32.4 Å². The molecule has 1 aliphatic rings. The van der Waals surface area contributed by atoms with Crippen LogP contribution in [0.3, 0.4) is 0 Å². The molecule has 1 saturated heterocycles. The van der Waals surface area contributed by atoms with E-state index in [1.54, 1.807) is 11.2 Å². The molecule has 2 heterocycles. The number of piperazine rings is 1. The molecule has 0 aliphatic carbocycles. The van der Waals surface area contributed by atoms with Crippen molar-refractivity contribution in [3.63, 3.8) is 0 Å². The van der Waals surface area contributed by atoms with Gasteiger partial charge in [0, 0.05) is 45.7 Å². The molecule has 148 valence electrons. The molecule has 1 N–H and O–H groups in total. The first-order chi connectivity index (χ1) is 12.2. The maximum atomic E-state index is 11.8. The van der Waals surface area contributed by atoms with Crippen molar-refractivity contribution in [1.29, 1.82) is 0 Å². The van der Waals surface area contributed by atoms with Gasteiger partial charge in [0.1, 0.15) is 5.76 Å². The molecule has 0 saturated carbocycles. The van der Waals surface area contributed by atoms with Crippen molar-refractivity contribution in [3.8, 4) is 0 Å².